The fourth-order valence-electron chi connectivity index (χ4n) is 1.66. The molecule has 0 unspecified atom stereocenters. The van der Waals surface area contributed by atoms with Crippen molar-refractivity contribution in [1.82, 2.24) is 0 Å². The van der Waals surface area contributed by atoms with Crippen LogP contribution in [-0.2, 0) is 9.53 Å². The van der Waals surface area contributed by atoms with Gasteiger partial charge in [0, 0.05) is 11.0 Å². The Labute approximate surface area is 125 Å². The smallest absolute Gasteiger partial charge is 0.475 e. The van der Waals surface area contributed by atoms with Crippen LogP contribution in [0.3, 0.4) is 0 Å². The summed E-state index contributed by atoms with van der Waals surface area (Å²) in [5.74, 6) is -1.40. The monoisotopic (exact) mass is 340 g/mol. The number of methoxy groups -OCH3 is 1. The summed E-state index contributed by atoms with van der Waals surface area (Å²) in [5.41, 5.74) is 1.08. The van der Waals surface area contributed by atoms with E-state index in [0.29, 0.717) is 12.2 Å². The van der Waals surface area contributed by atoms with Gasteiger partial charge in [0.2, 0.25) is 5.39 Å². The molecule has 1 aromatic rings. The standard InChI is InChI=1S/C13H14BrN3O3/c1-4-17(10-6-5-8(2)7-9(10)14)12(18)11(16-15)13(19)20-3/h5-7H,4H2,1-3H3/p+1. The van der Waals surface area contributed by atoms with Gasteiger partial charge in [-0.05, 0) is 47.5 Å². The second-order valence-corrected chi connectivity index (χ2v) is 4.82. The van der Waals surface area contributed by atoms with Gasteiger partial charge in [-0.1, -0.05) is 6.07 Å². The fraction of sp³-hybridized carbons (Fsp3) is 0.308. The second kappa shape index (κ2) is 6.91. The number of anilines is 1. The number of benzene rings is 1. The molecule has 0 aliphatic rings. The van der Waals surface area contributed by atoms with Crippen LogP contribution in [0.5, 0.6) is 0 Å². The first-order valence-electron chi connectivity index (χ1n) is 5.86. The number of amides is 1. The van der Waals surface area contributed by atoms with Gasteiger partial charge < -0.3 is 14.7 Å². The molecule has 0 aliphatic carbocycles. The van der Waals surface area contributed by atoms with E-state index in [1.165, 1.54) is 12.0 Å². The first-order valence-corrected chi connectivity index (χ1v) is 6.65. The average Bonchev–Trinajstić information content (AvgIpc) is 2.42. The summed E-state index contributed by atoms with van der Waals surface area (Å²) < 4.78 is 5.25. The van der Waals surface area contributed by atoms with Crippen LogP contribution in [0, 0.1) is 12.3 Å². The highest BCUT2D eigenvalue weighted by molar-refractivity contribution is 9.10. The van der Waals surface area contributed by atoms with Gasteiger partial charge >= 0.3 is 17.5 Å². The van der Waals surface area contributed by atoms with E-state index in [-0.39, 0.29) is 0 Å². The molecule has 0 radical (unpaired) electrons. The molecule has 0 fully saturated rings. The Morgan fingerprint density at radius 1 is 1.55 bits per heavy atom. The number of nitrogens with zero attached hydrogens (tertiary/aromatic N) is 3. The summed E-state index contributed by atoms with van der Waals surface area (Å²) in [7, 11) is 1.17. The van der Waals surface area contributed by atoms with Crippen molar-refractivity contribution in [2.75, 3.05) is 18.6 Å². The zero-order valence-electron chi connectivity index (χ0n) is 11.4. The lowest BCUT2D eigenvalue weighted by Crippen LogP contribution is -2.32. The molecule has 1 N–H and O–H groups in total. The second-order valence-electron chi connectivity index (χ2n) is 3.96. The van der Waals surface area contributed by atoms with Crippen molar-refractivity contribution in [3.63, 3.8) is 0 Å². The number of carbonyl (C=O) groups is 1. The topological polar surface area (TPSA) is 77.9 Å². The minimum atomic E-state index is -0.737. The van der Waals surface area contributed by atoms with Crippen LogP contribution < -0.4 is 4.90 Å². The van der Waals surface area contributed by atoms with Gasteiger partial charge in [0.25, 0.3) is 0 Å². The number of aryl methyl sites for hydroxylation is 1. The van der Waals surface area contributed by atoms with Gasteiger partial charge in [-0.3, -0.25) is 4.79 Å². The van der Waals surface area contributed by atoms with Gasteiger partial charge in [-0.2, -0.15) is 0 Å². The maximum atomic E-state index is 12.3. The number of ether oxygens (including phenoxy) is 1. The molecular weight excluding hydrogens is 326 g/mol. The normalized spacial score (nSPS) is 11.3. The molecular formula is C13H15BrN3O3+. The van der Waals surface area contributed by atoms with E-state index >= 15 is 0 Å². The van der Waals surface area contributed by atoms with Crippen LogP contribution in [0.25, 0.3) is 4.98 Å². The number of likely N-dealkylation sites (N-methyl/N-ethyl adjacent to an activating group) is 1. The van der Waals surface area contributed by atoms with Crippen molar-refractivity contribution in [2.45, 2.75) is 13.8 Å². The summed E-state index contributed by atoms with van der Waals surface area (Å²) in [4.78, 5) is 16.5. The zero-order chi connectivity index (χ0) is 15.3. The van der Waals surface area contributed by atoms with E-state index in [2.05, 4.69) is 25.6 Å². The number of diazo groups is 1. The van der Waals surface area contributed by atoms with Gasteiger partial charge in [-0.25, -0.2) is 0 Å². The molecule has 0 heterocycles. The Kier molecular flexibility index (Phi) is 5.53. The molecule has 6 nitrogen and oxygen atoms in total. The van der Waals surface area contributed by atoms with Gasteiger partial charge in [0.1, 0.15) is 0 Å². The molecule has 1 amide bonds. The summed E-state index contributed by atoms with van der Waals surface area (Å²) in [5, 5.41) is 18.3. The highest BCUT2D eigenvalue weighted by Gasteiger charge is 2.35. The summed E-state index contributed by atoms with van der Waals surface area (Å²) in [6.07, 6.45) is 0. The lowest BCUT2D eigenvalue weighted by atomic mass is 10.2. The Bertz CT molecular complexity index is 593. The Hall–Kier alpha value is -2.07. The van der Waals surface area contributed by atoms with E-state index in [1.807, 2.05) is 19.1 Å². The molecule has 1 aromatic carbocycles. The van der Waals surface area contributed by atoms with E-state index in [0.717, 1.165) is 10.0 Å². The molecule has 0 saturated carbocycles. The maximum Gasteiger partial charge on any atom is 0.527 e. The molecule has 0 atom stereocenters. The maximum absolute atomic E-state index is 12.3. The van der Waals surface area contributed by atoms with E-state index in [9.17, 15) is 9.90 Å². The number of halogens is 1. The minimum absolute atomic E-state index is 0.330. The van der Waals surface area contributed by atoms with Crippen LogP contribution in [0.4, 0.5) is 5.69 Å². The van der Waals surface area contributed by atoms with Crippen molar-refractivity contribution >= 4 is 27.5 Å². The highest BCUT2D eigenvalue weighted by Crippen LogP contribution is 2.28. The number of carbonyl (C=O) groups excluding carboxylic acids is 1. The molecule has 0 bridgehead atoms. The third-order valence-corrected chi connectivity index (χ3v) is 3.29. The Balaban J connectivity index is 3.27. The first kappa shape index (κ1) is 16.0. The van der Waals surface area contributed by atoms with Crippen molar-refractivity contribution in [1.29, 1.82) is 5.39 Å². The van der Waals surface area contributed by atoms with Crippen molar-refractivity contribution in [3.8, 4) is 0 Å². The van der Waals surface area contributed by atoms with Gasteiger partial charge in [-0.15, -0.1) is 0 Å². The number of aliphatic hydroxyl groups excluding tert-OH is 1. The molecule has 1 rings (SSSR count). The first-order chi connectivity index (χ1) is 9.46. The van der Waals surface area contributed by atoms with Crippen LogP contribution in [-0.4, -0.2) is 24.7 Å². The van der Waals surface area contributed by atoms with Crippen LogP contribution in [0.15, 0.2) is 34.3 Å². The molecule has 20 heavy (non-hydrogen) atoms. The Morgan fingerprint density at radius 2 is 2.20 bits per heavy atom. The van der Waals surface area contributed by atoms with Crippen LogP contribution in [0.2, 0.25) is 0 Å². The van der Waals surface area contributed by atoms with Gasteiger partial charge in [0.15, 0.2) is 4.98 Å². The molecule has 7 heteroatoms. The minimum Gasteiger partial charge on any atom is -0.475 e. The quantitative estimate of drug-likeness (QED) is 0.518. The average molecular weight is 341 g/mol. The zero-order valence-corrected chi connectivity index (χ0v) is 13.0. The summed E-state index contributed by atoms with van der Waals surface area (Å²) in [6.45, 7) is 4.03. The van der Waals surface area contributed by atoms with Crippen molar-refractivity contribution in [2.24, 2.45) is 0 Å². The molecule has 0 spiro atoms. The third kappa shape index (κ3) is 3.27. The largest absolute Gasteiger partial charge is 0.527 e. The van der Waals surface area contributed by atoms with E-state index in [1.54, 1.807) is 13.0 Å². The highest BCUT2D eigenvalue weighted by atomic mass is 79.9. The number of rotatable bonds is 4. The predicted molar refractivity (Wildman–Crippen MR) is 78.7 cm³/mol. The fourth-order valence-corrected chi connectivity index (χ4v) is 2.36. The SMILES string of the molecule is CCN(C(=O)/C([N+]#N)=C(/O)OC)c1ccc(C)cc1Br. The number of hydrogen-bond donors (Lipinski definition) is 1. The molecule has 0 saturated heterocycles. The lowest BCUT2D eigenvalue weighted by molar-refractivity contribution is -0.115. The molecule has 0 aromatic heterocycles. The predicted octanol–water partition coefficient (Wildman–Crippen LogP) is 3.34. The van der Waals surface area contributed by atoms with Gasteiger partial charge in [0.05, 0.1) is 12.8 Å². The Morgan fingerprint density at radius 3 is 2.65 bits per heavy atom. The summed E-state index contributed by atoms with van der Waals surface area (Å²) >= 11 is 3.39. The van der Waals surface area contributed by atoms with E-state index in [4.69, 9.17) is 5.39 Å². The van der Waals surface area contributed by atoms with Crippen molar-refractivity contribution in [3.05, 3.63) is 44.9 Å². The van der Waals surface area contributed by atoms with Crippen LogP contribution >= 0.6 is 15.9 Å². The third-order valence-electron chi connectivity index (χ3n) is 2.65. The van der Waals surface area contributed by atoms with E-state index < -0.39 is 17.5 Å². The molecule has 0 aliphatic heterocycles. The lowest BCUT2D eigenvalue weighted by Gasteiger charge is -2.19. The molecule has 106 valence electrons. The summed E-state index contributed by atoms with van der Waals surface area (Å²) in [6, 6.07) is 5.48. The van der Waals surface area contributed by atoms with Crippen LogP contribution in [0.1, 0.15) is 12.5 Å². The van der Waals surface area contributed by atoms with Crippen molar-refractivity contribution < 1.29 is 14.6 Å². The number of aliphatic hydroxyl groups is 1. The number of hydrogen-bond acceptors (Lipinski definition) is 4.